The molecule has 0 saturated carbocycles. The highest BCUT2D eigenvalue weighted by atomic mass is 32.2. The lowest BCUT2D eigenvalue weighted by molar-refractivity contribution is 0.0209. The van der Waals surface area contributed by atoms with Crippen molar-refractivity contribution in [2.75, 3.05) is 33.1 Å². The van der Waals surface area contributed by atoms with Gasteiger partial charge in [0.15, 0.2) is 6.79 Å². The van der Waals surface area contributed by atoms with E-state index in [0.717, 1.165) is 53.8 Å². The first kappa shape index (κ1) is 23.0. The van der Waals surface area contributed by atoms with Gasteiger partial charge in [0.25, 0.3) is 0 Å². The van der Waals surface area contributed by atoms with Gasteiger partial charge in [-0.25, -0.2) is 0 Å². The standard InChI is InChI=1S/C29H31NO3S/c1-2-31-20-33-27-14-12-23-8-4-6-10-25(23)29(27)34-28-24-9-5-3-7-22(24)11-13-26(28)32-19-21-15-17-30-18-16-21/h3-14,21,30H,2,15-20H2,1H3. The van der Waals surface area contributed by atoms with Gasteiger partial charge in [0.2, 0.25) is 0 Å². The molecule has 176 valence electrons. The summed E-state index contributed by atoms with van der Waals surface area (Å²) in [6.45, 7) is 5.72. The predicted molar refractivity (Wildman–Crippen MR) is 140 cm³/mol. The Kier molecular flexibility index (Phi) is 7.54. The lowest BCUT2D eigenvalue weighted by Gasteiger charge is -2.24. The number of hydrogen-bond donors (Lipinski definition) is 1. The van der Waals surface area contributed by atoms with Crippen molar-refractivity contribution >= 4 is 33.3 Å². The van der Waals surface area contributed by atoms with Crippen molar-refractivity contribution < 1.29 is 14.2 Å². The van der Waals surface area contributed by atoms with Gasteiger partial charge >= 0.3 is 0 Å². The molecule has 5 heteroatoms. The second-order valence-electron chi connectivity index (χ2n) is 8.59. The summed E-state index contributed by atoms with van der Waals surface area (Å²) in [6, 6.07) is 25.4. The van der Waals surface area contributed by atoms with Crippen molar-refractivity contribution in [2.45, 2.75) is 29.6 Å². The molecule has 4 nitrogen and oxygen atoms in total. The van der Waals surface area contributed by atoms with E-state index in [9.17, 15) is 0 Å². The normalized spacial score (nSPS) is 14.5. The van der Waals surface area contributed by atoms with Crippen LogP contribution in [-0.2, 0) is 4.74 Å². The Labute approximate surface area is 205 Å². The van der Waals surface area contributed by atoms with Gasteiger partial charge in [-0.1, -0.05) is 72.4 Å². The van der Waals surface area contributed by atoms with Crippen LogP contribution in [0.1, 0.15) is 19.8 Å². The van der Waals surface area contributed by atoms with E-state index < -0.39 is 0 Å². The Hall–Kier alpha value is -2.73. The zero-order valence-electron chi connectivity index (χ0n) is 19.6. The number of benzene rings is 4. The molecule has 0 amide bonds. The molecule has 1 aliphatic heterocycles. The van der Waals surface area contributed by atoms with Crippen LogP contribution >= 0.6 is 11.8 Å². The molecule has 1 aliphatic rings. The van der Waals surface area contributed by atoms with Crippen molar-refractivity contribution in [1.82, 2.24) is 5.32 Å². The van der Waals surface area contributed by atoms with Crippen LogP contribution in [-0.4, -0.2) is 33.1 Å². The zero-order valence-corrected chi connectivity index (χ0v) is 20.4. The summed E-state index contributed by atoms with van der Waals surface area (Å²) in [7, 11) is 0. The summed E-state index contributed by atoms with van der Waals surface area (Å²) in [4.78, 5) is 2.21. The van der Waals surface area contributed by atoms with Gasteiger partial charge in [0.05, 0.1) is 16.4 Å². The lowest BCUT2D eigenvalue weighted by Crippen LogP contribution is -2.30. The van der Waals surface area contributed by atoms with Crippen molar-refractivity contribution in [2.24, 2.45) is 5.92 Å². The lowest BCUT2D eigenvalue weighted by atomic mass is 9.99. The smallest absolute Gasteiger partial charge is 0.189 e. The second kappa shape index (κ2) is 11.1. The third-order valence-electron chi connectivity index (χ3n) is 6.33. The van der Waals surface area contributed by atoms with Gasteiger partial charge in [-0.3, -0.25) is 0 Å². The van der Waals surface area contributed by atoms with Crippen LogP contribution in [0.25, 0.3) is 21.5 Å². The van der Waals surface area contributed by atoms with E-state index in [1.807, 2.05) is 13.0 Å². The average Bonchev–Trinajstić information content (AvgIpc) is 2.90. The van der Waals surface area contributed by atoms with E-state index in [1.165, 1.54) is 21.5 Å². The minimum absolute atomic E-state index is 0.233. The fourth-order valence-corrected chi connectivity index (χ4v) is 5.68. The van der Waals surface area contributed by atoms with E-state index in [4.69, 9.17) is 14.2 Å². The van der Waals surface area contributed by atoms with Crippen LogP contribution in [0.4, 0.5) is 0 Å². The maximum atomic E-state index is 6.49. The Bertz CT molecular complexity index is 1250. The molecule has 1 heterocycles. The first-order valence-electron chi connectivity index (χ1n) is 12.1. The summed E-state index contributed by atoms with van der Waals surface area (Å²) in [5.74, 6) is 2.36. The van der Waals surface area contributed by atoms with E-state index in [1.54, 1.807) is 11.8 Å². The van der Waals surface area contributed by atoms with Crippen LogP contribution < -0.4 is 14.8 Å². The Balaban J connectivity index is 1.55. The molecule has 1 N–H and O–H groups in total. The number of fused-ring (bicyclic) bond motifs is 2. The molecule has 5 rings (SSSR count). The highest BCUT2D eigenvalue weighted by molar-refractivity contribution is 8.00. The van der Waals surface area contributed by atoms with Crippen LogP contribution in [0.3, 0.4) is 0 Å². The predicted octanol–water partition coefficient (Wildman–Crippen LogP) is 6.90. The van der Waals surface area contributed by atoms with Crippen LogP contribution in [0.5, 0.6) is 11.5 Å². The molecule has 0 unspecified atom stereocenters. The third kappa shape index (κ3) is 5.17. The molecule has 0 aliphatic carbocycles. The first-order chi connectivity index (χ1) is 16.8. The molecule has 1 fully saturated rings. The molecule has 0 radical (unpaired) electrons. The van der Waals surface area contributed by atoms with Gasteiger partial charge in [0, 0.05) is 6.61 Å². The molecule has 34 heavy (non-hydrogen) atoms. The highest BCUT2D eigenvalue weighted by Crippen LogP contribution is 2.46. The maximum Gasteiger partial charge on any atom is 0.189 e. The minimum atomic E-state index is 0.233. The molecule has 0 atom stereocenters. The fraction of sp³-hybridized carbons (Fsp3) is 0.310. The molecular formula is C29H31NO3S. The van der Waals surface area contributed by atoms with E-state index >= 15 is 0 Å². The monoisotopic (exact) mass is 473 g/mol. The van der Waals surface area contributed by atoms with Crippen LogP contribution in [0.2, 0.25) is 0 Å². The molecule has 0 aromatic heterocycles. The molecule has 4 aromatic rings. The zero-order chi connectivity index (χ0) is 23.2. The topological polar surface area (TPSA) is 39.7 Å². The Morgan fingerprint density at radius 3 is 1.97 bits per heavy atom. The van der Waals surface area contributed by atoms with Gasteiger partial charge in [-0.15, -0.1) is 0 Å². The van der Waals surface area contributed by atoms with Gasteiger partial charge in [-0.2, -0.15) is 0 Å². The summed E-state index contributed by atoms with van der Waals surface area (Å²) in [5.41, 5.74) is 0. The van der Waals surface area contributed by atoms with Crippen LogP contribution in [0, 0.1) is 5.92 Å². The molecule has 0 bridgehead atoms. The van der Waals surface area contributed by atoms with Gasteiger partial charge in [-0.05, 0) is 72.5 Å². The van der Waals surface area contributed by atoms with E-state index in [2.05, 4.69) is 72.0 Å². The third-order valence-corrected chi connectivity index (χ3v) is 7.58. The molecule has 0 spiro atoms. The SMILES string of the molecule is CCOCOc1ccc2ccccc2c1Sc1c(OCC2CCNCC2)ccc2ccccc12. The fourth-order valence-electron chi connectivity index (χ4n) is 4.43. The van der Waals surface area contributed by atoms with Gasteiger partial charge < -0.3 is 19.5 Å². The quantitative estimate of drug-likeness (QED) is 0.212. The number of piperidine rings is 1. The molecular weight excluding hydrogens is 442 g/mol. The van der Waals surface area contributed by atoms with E-state index in [-0.39, 0.29) is 6.79 Å². The van der Waals surface area contributed by atoms with Crippen molar-refractivity contribution in [3.63, 3.8) is 0 Å². The molecule has 1 saturated heterocycles. The van der Waals surface area contributed by atoms with E-state index in [0.29, 0.717) is 12.5 Å². The number of rotatable bonds is 9. The maximum absolute atomic E-state index is 6.49. The minimum Gasteiger partial charge on any atom is -0.492 e. The Morgan fingerprint density at radius 2 is 1.35 bits per heavy atom. The highest BCUT2D eigenvalue weighted by Gasteiger charge is 2.19. The summed E-state index contributed by atoms with van der Waals surface area (Å²) in [6.07, 6.45) is 2.32. The second-order valence-corrected chi connectivity index (χ2v) is 9.61. The number of ether oxygens (including phenoxy) is 3. The van der Waals surface area contributed by atoms with Crippen molar-refractivity contribution in [1.29, 1.82) is 0 Å². The average molecular weight is 474 g/mol. The Morgan fingerprint density at radius 1 is 0.765 bits per heavy atom. The number of hydrogen-bond acceptors (Lipinski definition) is 5. The van der Waals surface area contributed by atoms with Crippen molar-refractivity contribution in [3.8, 4) is 11.5 Å². The summed E-state index contributed by atoms with van der Waals surface area (Å²) < 4.78 is 18.1. The number of nitrogens with one attached hydrogen (secondary N) is 1. The summed E-state index contributed by atoms with van der Waals surface area (Å²) in [5, 5.41) is 8.19. The first-order valence-corrected chi connectivity index (χ1v) is 12.9. The van der Waals surface area contributed by atoms with Crippen LogP contribution in [0.15, 0.2) is 82.6 Å². The van der Waals surface area contributed by atoms with Gasteiger partial charge in [0.1, 0.15) is 11.5 Å². The van der Waals surface area contributed by atoms with Crippen molar-refractivity contribution in [3.05, 3.63) is 72.8 Å². The summed E-state index contributed by atoms with van der Waals surface area (Å²) >= 11 is 1.73. The largest absolute Gasteiger partial charge is 0.492 e. The molecule has 4 aromatic carbocycles.